The highest BCUT2D eigenvalue weighted by molar-refractivity contribution is 8.77. The minimum absolute atomic E-state index is 0.339. The van der Waals surface area contributed by atoms with E-state index in [2.05, 4.69) is 31.0 Å². The average Bonchev–Trinajstić information content (AvgIpc) is 2.68. The molecule has 0 atom stereocenters. The number of rotatable bonds is 7. The van der Waals surface area contributed by atoms with Gasteiger partial charge in [-0.3, -0.25) is 0 Å². The van der Waals surface area contributed by atoms with Crippen LogP contribution >= 0.6 is 32.9 Å². The van der Waals surface area contributed by atoms with Gasteiger partial charge in [-0.05, 0) is 31.1 Å². The molecule has 0 spiro atoms. The molecule has 1 rings (SSSR count). The van der Waals surface area contributed by atoms with Gasteiger partial charge in [0.2, 0.25) is 0 Å². The second-order valence-corrected chi connectivity index (χ2v) is 8.00. The lowest BCUT2D eigenvalue weighted by atomic mass is 10.0. The molecule has 0 bridgehead atoms. The van der Waals surface area contributed by atoms with Crippen molar-refractivity contribution in [1.82, 2.24) is 10.2 Å². The second-order valence-electron chi connectivity index (χ2n) is 4.09. The predicted molar refractivity (Wildman–Crippen MR) is 71.6 cm³/mol. The summed E-state index contributed by atoms with van der Waals surface area (Å²) < 4.78 is 1.40. The lowest BCUT2D eigenvalue weighted by Gasteiger charge is -2.22. The van der Waals surface area contributed by atoms with Crippen LogP contribution in [0.1, 0.15) is 46.5 Å². The summed E-state index contributed by atoms with van der Waals surface area (Å²) in [5.41, 5.74) is 1.78. The Morgan fingerprint density at radius 1 is 1.40 bits per heavy atom. The van der Waals surface area contributed by atoms with E-state index in [1.165, 1.54) is 25.7 Å². The van der Waals surface area contributed by atoms with Gasteiger partial charge in [0, 0.05) is 4.75 Å². The summed E-state index contributed by atoms with van der Waals surface area (Å²) in [6, 6.07) is 0. The zero-order valence-corrected chi connectivity index (χ0v) is 12.0. The van der Waals surface area contributed by atoms with E-state index >= 15 is 0 Å². The number of hydrogen-bond acceptors (Lipinski definition) is 5. The molecule has 15 heavy (non-hydrogen) atoms. The van der Waals surface area contributed by atoms with Crippen molar-refractivity contribution in [2.75, 3.05) is 0 Å². The lowest BCUT2D eigenvalue weighted by molar-refractivity contribution is 0.575. The first-order chi connectivity index (χ1) is 7.14. The molecule has 0 aliphatic carbocycles. The molecule has 0 aliphatic heterocycles. The maximum absolute atomic E-state index is 4.03. The van der Waals surface area contributed by atoms with E-state index in [1.54, 1.807) is 27.6 Å². The number of unbranched alkanes of at least 4 members (excludes halogenated alkanes) is 2. The van der Waals surface area contributed by atoms with Gasteiger partial charge in [-0.2, -0.15) is 0 Å². The van der Waals surface area contributed by atoms with E-state index in [4.69, 9.17) is 0 Å². The van der Waals surface area contributed by atoms with Crippen LogP contribution < -0.4 is 0 Å². The van der Waals surface area contributed by atoms with Crippen molar-refractivity contribution in [2.24, 2.45) is 0 Å². The summed E-state index contributed by atoms with van der Waals surface area (Å²) in [6.45, 7) is 6.86. The van der Waals surface area contributed by atoms with Crippen LogP contribution in [-0.4, -0.2) is 14.9 Å². The number of aromatic nitrogens is 2. The van der Waals surface area contributed by atoms with Crippen molar-refractivity contribution in [3.8, 4) is 0 Å². The van der Waals surface area contributed by atoms with Gasteiger partial charge in [0.25, 0.3) is 0 Å². The van der Waals surface area contributed by atoms with Crippen molar-refractivity contribution in [3.63, 3.8) is 0 Å². The summed E-state index contributed by atoms with van der Waals surface area (Å²) >= 11 is 1.61. The van der Waals surface area contributed by atoms with Crippen molar-refractivity contribution in [1.29, 1.82) is 0 Å². The summed E-state index contributed by atoms with van der Waals surface area (Å²) in [7, 11) is 3.67. The van der Waals surface area contributed by atoms with Gasteiger partial charge in [-0.15, -0.1) is 10.2 Å². The van der Waals surface area contributed by atoms with Gasteiger partial charge in [0.05, 0.1) is 0 Å². The summed E-state index contributed by atoms with van der Waals surface area (Å²) in [4.78, 5) is 0. The Hall–Kier alpha value is 0.260. The smallest absolute Gasteiger partial charge is 0.146 e. The topological polar surface area (TPSA) is 25.8 Å². The Kier molecular flexibility index (Phi) is 6.00. The molecular weight excluding hydrogens is 244 g/mol. The van der Waals surface area contributed by atoms with Gasteiger partial charge < -0.3 is 0 Å². The molecule has 2 nitrogen and oxygen atoms in total. The Morgan fingerprint density at radius 3 is 2.80 bits per heavy atom. The molecule has 0 saturated carbocycles. The highest BCUT2D eigenvalue weighted by atomic mass is 33.1. The van der Waals surface area contributed by atoms with Gasteiger partial charge in [0.1, 0.15) is 5.51 Å². The largest absolute Gasteiger partial charge is 0.184 e. The van der Waals surface area contributed by atoms with Crippen LogP contribution in [0.15, 0.2) is 9.85 Å². The second kappa shape index (κ2) is 6.76. The van der Waals surface area contributed by atoms with Gasteiger partial charge in [0.15, 0.2) is 4.34 Å². The highest BCUT2D eigenvalue weighted by Crippen LogP contribution is 2.43. The summed E-state index contributed by atoms with van der Waals surface area (Å²) in [5.74, 6) is 0. The molecule has 1 aromatic rings. The van der Waals surface area contributed by atoms with E-state index in [-0.39, 0.29) is 0 Å². The van der Waals surface area contributed by atoms with Crippen molar-refractivity contribution >= 4 is 32.9 Å². The predicted octanol–water partition coefficient (Wildman–Crippen LogP) is 4.64. The monoisotopic (exact) mass is 262 g/mol. The third kappa shape index (κ3) is 5.78. The first-order valence-electron chi connectivity index (χ1n) is 5.26. The lowest BCUT2D eigenvalue weighted by Crippen LogP contribution is -2.12. The molecule has 0 aromatic carbocycles. The van der Waals surface area contributed by atoms with E-state index < -0.39 is 0 Å². The minimum atomic E-state index is 0.339. The minimum Gasteiger partial charge on any atom is -0.146 e. The van der Waals surface area contributed by atoms with Crippen LogP contribution in [0.2, 0.25) is 0 Å². The normalized spacial score (nSPS) is 11.9. The molecule has 0 N–H and O–H groups in total. The fourth-order valence-corrected chi connectivity index (χ4v) is 4.26. The fourth-order valence-electron chi connectivity index (χ4n) is 1.19. The number of nitrogens with zero attached hydrogens (tertiary/aromatic N) is 2. The van der Waals surface area contributed by atoms with Crippen LogP contribution in [0, 0.1) is 0 Å². The van der Waals surface area contributed by atoms with Crippen LogP contribution in [0.4, 0.5) is 0 Å². The third-order valence-electron chi connectivity index (χ3n) is 2.06. The van der Waals surface area contributed by atoms with E-state index in [0.29, 0.717) is 4.75 Å². The van der Waals surface area contributed by atoms with E-state index in [0.717, 1.165) is 4.34 Å². The zero-order valence-electron chi connectivity index (χ0n) is 9.52. The highest BCUT2D eigenvalue weighted by Gasteiger charge is 2.19. The van der Waals surface area contributed by atoms with Crippen molar-refractivity contribution in [3.05, 3.63) is 5.51 Å². The molecule has 0 aliphatic rings. The van der Waals surface area contributed by atoms with Crippen molar-refractivity contribution < 1.29 is 0 Å². The van der Waals surface area contributed by atoms with Gasteiger partial charge in [-0.1, -0.05) is 48.3 Å². The Labute approximate surface area is 104 Å². The molecule has 0 amide bonds. The van der Waals surface area contributed by atoms with Crippen LogP contribution in [0.5, 0.6) is 0 Å². The molecule has 1 heterocycles. The fraction of sp³-hybridized carbons (Fsp3) is 0.800. The standard InChI is InChI=1S/C10H18N2S3/c1-4-5-6-7-10(2,3)15-14-9-12-11-8-13-9/h8H,4-7H2,1-3H3. The maximum Gasteiger partial charge on any atom is 0.184 e. The van der Waals surface area contributed by atoms with Gasteiger partial charge >= 0.3 is 0 Å². The number of hydrogen-bond donors (Lipinski definition) is 0. The molecule has 0 fully saturated rings. The van der Waals surface area contributed by atoms with E-state index in [9.17, 15) is 0 Å². The molecular formula is C10H18N2S3. The Bertz CT molecular complexity index is 260. The van der Waals surface area contributed by atoms with E-state index in [1.807, 2.05) is 10.8 Å². The first kappa shape index (κ1) is 13.3. The Balaban J connectivity index is 2.23. The summed E-state index contributed by atoms with van der Waals surface area (Å²) in [6.07, 6.45) is 5.24. The molecule has 1 aromatic heterocycles. The maximum atomic E-state index is 4.03. The van der Waals surface area contributed by atoms with Gasteiger partial charge in [-0.25, -0.2) is 0 Å². The quantitative estimate of drug-likeness (QED) is 0.528. The SMILES string of the molecule is CCCCCC(C)(C)SSc1nncs1. The van der Waals surface area contributed by atoms with Crippen LogP contribution in [-0.2, 0) is 0 Å². The summed E-state index contributed by atoms with van der Waals surface area (Å²) in [5, 5.41) is 7.86. The Morgan fingerprint density at radius 2 is 2.20 bits per heavy atom. The molecule has 0 unspecified atom stereocenters. The molecule has 0 radical (unpaired) electrons. The van der Waals surface area contributed by atoms with Crippen LogP contribution in [0.3, 0.4) is 0 Å². The van der Waals surface area contributed by atoms with Crippen LogP contribution in [0.25, 0.3) is 0 Å². The zero-order chi connectivity index (χ0) is 11.1. The van der Waals surface area contributed by atoms with Crippen molar-refractivity contribution in [2.45, 2.75) is 55.5 Å². The molecule has 5 heteroatoms. The molecule has 0 saturated heterocycles. The first-order valence-corrected chi connectivity index (χ1v) is 8.29. The molecule has 86 valence electrons. The average molecular weight is 262 g/mol. The third-order valence-corrected chi connectivity index (χ3v) is 6.44.